The van der Waals surface area contributed by atoms with E-state index in [-0.39, 0.29) is 18.2 Å². The minimum atomic E-state index is -0.140. The number of aromatic nitrogens is 2. The number of Topliss-reactive ketones (excluding diaryl/α,β-unsaturated/α-hetero) is 1. The van der Waals surface area contributed by atoms with E-state index in [1.807, 2.05) is 24.3 Å². The average Bonchev–Trinajstić information content (AvgIpc) is 2.91. The summed E-state index contributed by atoms with van der Waals surface area (Å²) >= 11 is 0. The summed E-state index contributed by atoms with van der Waals surface area (Å²) in [5.74, 6) is -0.138. The summed E-state index contributed by atoms with van der Waals surface area (Å²) in [7, 11) is 0. The molecule has 1 aromatic heterocycles. The van der Waals surface area contributed by atoms with E-state index in [9.17, 15) is 9.59 Å². The highest BCUT2D eigenvalue weighted by atomic mass is 16.2. The molecule has 0 aliphatic rings. The van der Waals surface area contributed by atoms with E-state index in [2.05, 4.69) is 10.3 Å². The lowest BCUT2D eigenvalue weighted by atomic mass is 10.1. The number of rotatable bonds is 4. The van der Waals surface area contributed by atoms with Crippen molar-refractivity contribution in [1.29, 1.82) is 0 Å². The lowest BCUT2D eigenvalue weighted by Gasteiger charge is -2.07. The second-order valence-electron chi connectivity index (χ2n) is 5.04. The molecule has 0 radical (unpaired) electrons. The van der Waals surface area contributed by atoms with Crippen LogP contribution in [0.15, 0.2) is 54.9 Å². The lowest BCUT2D eigenvalue weighted by Crippen LogP contribution is -2.18. The van der Waals surface area contributed by atoms with Crippen LogP contribution < -0.4 is 5.32 Å². The second kappa shape index (κ2) is 5.81. The van der Waals surface area contributed by atoms with Crippen molar-refractivity contribution in [3.8, 4) is 0 Å². The number of amides is 1. The summed E-state index contributed by atoms with van der Waals surface area (Å²) in [6.45, 7) is 1.70. The molecule has 0 unspecified atom stereocenters. The van der Waals surface area contributed by atoms with Crippen molar-refractivity contribution in [2.45, 2.75) is 13.5 Å². The van der Waals surface area contributed by atoms with Crippen molar-refractivity contribution >= 4 is 28.4 Å². The molecule has 1 amide bonds. The maximum Gasteiger partial charge on any atom is 0.244 e. The molecular formula is C17H15N3O2. The van der Waals surface area contributed by atoms with E-state index in [1.165, 1.54) is 6.92 Å². The maximum atomic E-state index is 12.1. The van der Waals surface area contributed by atoms with Crippen molar-refractivity contribution in [2.24, 2.45) is 0 Å². The molecule has 0 atom stereocenters. The highest BCUT2D eigenvalue weighted by Crippen LogP contribution is 2.13. The normalized spacial score (nSPS) is 10.6. The van der Waals surface area contributed by atoms with E-state index >= 15 is 0 Å². The monoisotopic (exact) mass is 293 g/mol. The molecule has 0 saturated heterocycles. The number of nitrogens with zero attached hydrogens (tertiary/aromatic N) is 2. The van der Waals surface area contributed by atoms with E-state index in [1.54, 1.807) is 35.2 Å². The minimum Gasteiger partial charge on any atom is -0.325 e. The van der Waals surface area contributed by atoms with Crippen LogP contribution in [0.4, 0.5) is 5.69 Å². The predicted molar refractivity (Wildman–Crippen MR) is 84.8 cm³/mol. The van der Waals surface area contributed by atoms with Crippen LogP contribution in [0, 0.1) is 0 Å². The zero-order valence-corrected chi connectivity index (χ0v) is 12.1. The fourth-order valence-electron chi connectivity index (χ4n) is 2.28. The molecule has 110 valence electrons. The third-order valence-electron chi connectivity index (χ3n) is 3.42. The first-order valence-corrected chi connectivity index (χ1v) is 6.94. The maximum absolute atomic E-state index is 12.1. The van der Waals surface area contributed by atoms with Gasteiger partial charge >= 0.3 is 0 Å². The summed E-state index contributed by atoms with van der Waals surface area (Å²) in [5.41, 5.74) is 3.07. The van der Waals surface area contributed by atoms with Gasteiger partial charge in [-0.25, -0.2) is 4.98 Å². The molecule has 0 saturated carbocycles. The molecule has 0 bridgehead atoms. The third kappa shape index (κ3) is 2.88. The highest BCUT2D eigenvalue weighted by Gasteiger charge is 2.07. The van der Waals surface area contributed by atoms with Crippen LogP contribution in [-0.2, 0) is 11.3 Å². The van der Waals surface area contributed by atoms with Gasteiger partial charge in [-0.1, -0.05) is 12.1 Å². The van der Waals surface area contributed by atoms with Gasteiger partial charge in [0.15, 0.2) is 5.78 Å². The van der Waals surface area contributed by atoms with Gasteiger partial charge in [0.25, 0.3) is 0 Å². The van der Waals surface area contributed by atoms with Gasteiger partial charge in [0.2, 0.25) is 5.91 Å². The average molecular weight is 293 g/mol. The van der Waals surface area contributed by atoms with Crippen molar-refractivity contribution in [3.63, 3.8) is 0 Å². The first-order valence-electron chi connectivity index (χ1n) is 6.94. The van der Waals surface area contributed by atoms with Gasteiger partial charge in [0.05, 0.1) is 17.4 Å². The molecule has 1 N–H and O–H groups in total. The topological polar surface area (TPSA) is 64.0 Å². The van der Waals surface area contributed by atoms with Crippen LogP contribution in [0.25, 0.3) is 11.0 Å². The lowest BCUT2D eigenvalue weighted by molar-refractivity contribution is -0.116. The molecule has 2 aromatic carbocycles. The van der Waals surface area contributed by atoms with Gasteiger partial charge in [0.1, 0.15) is 6.54 Å². The SMILES string of the molecule is CC(=O)c1ccc(NC(=O)Cn2cnc3ccccc32)cc1. The first-order chi connectivity index (χ1) is 10.6. The van der Waals surface area contributed by atoms with Crippen molar-refractivity contribution in [3.05, 3.63) is 60.4 Å². The molecular weight excluding hydrogens is 278 g/mol. The Morgan fingerprint density at radius 3 is 2.55 bits per heavy atom. The Morgan fingerprint density at radius 1 is 1.09 bits per heavy atom. The van der Waals surface area contributed by atoms with Crippen LogP contribution in [0.2, 0.25) is 0 Å². The standard InChI is InChI=1S/C17H15N3O2/c1-12(21)13-6-8-14(9-7-13)19-17(22)10-20-11-18-15-4-2-3-5-16(15)20/h2-9,11H,10H2,1H3,(H,19,22). The number of para-hydroxylation sites is 2. The Kier molecular flexibility index (Phi) is 3.70. The Morgan fingerprint density at radius 2 is 1.82 bits per heavy atom. The van der Waals surface area contributed by atoms with E-state index in [0.717, 1.165) is 11.0 Å². The summed E-state index contributed by atoms with van der Waals surface area (Å²) in [4.78, 5) is 27.6. The molecule has 1 heterocycles. The molecule has 0 aliphatic heterocycles. The number of benzene rings is 2. The van der Waals surface area contributed by atoms with Crippen molar-refractivity contribution in [2.75, 3.05) is 5.32 Å². The number of anilines is 1. The third-order valence-corrected chi connectivity index (χ3v) is 3.42. The minimum absolute atomic E-state index is 0.00256. The Hall–Kier alpha value is -2.95. The van der Waals surface area contributed by atoms with Crippen LogP contribution in [0.5, 0.6) is 0 Å². The van der Waals surface area contributed by atoms with Gasteiger partial charge in [-0.3, -0.25) is 9.59 Å². The Balaban J connectivity index is 1.71. The molecule has 22 heavy (non-hydrogen) atoms. The number of hydrogen-bond donors (Lipinski definition) is 1. The van der Waals surface area contributed by atoms with Crippen LogP contribution >= 0.6 is 0 Å². The number of hydrogen-bond acceptors (Lipinski definition) is 3. The fraction of sp³-hybridized carbons (Fsp3) is 0.118. The summed E-state index contributed by atoms with van der Waals surface area (Å²) in [5, 5.41) is 2.81. The highest BCUT2D eigenvalue weighted by molar-refractivity contribution is 5.95. The van der Waals surface area contributed by atoms with Crippen molar-refractivity contribution in [1.82, 2.24) is 9.55 Å². The molecule has 0 aliphatic carbocycles. The van der Waals surface area contributed by atoms with Crippen LogP contribution in [0.3, 0.4) is 0 Å². The number of ketones is 1. The second-order valence-corrected chi connectivity index (χ2v) is 5.04. The number of nitrogens with one attached hydrogen (secondary N) is 1. The predicted octanol–water partition coefficient (Wildman–Crippen LogP) is 2.88. The van der Waals surface area contributed by atoms with E-state index in [0.29, 0.717) is 11.3 Å². The number of fused-ring (bicyclic) bond motifs is 1. The smallest absolute Gasteiger partial charge is 0.244 e. The molecule has 3 aromatic rings. The van der Waals surface area contributed by atoms with E-state index < -0.39 is 0 Å². The van der Waals surface area contributed by atoms with Crippen molar-refractivity contribution < 1.29 is 9.59 Å². The van der Waals surface area contributed by atoms with Crippen LogP contribution in [-0.4, -0.2) is 21.2 Å². The zero-order valence-electron chi connectivity index (χ0n) is 12.1. The fourth-order valence-corrected chi connectivity index (χ4v) is 2.28. The van der Waals surface area contributed by atoms with Crippen LogP contribution in [0.1, 0.15) is 17.3 Å². The number of carbonyl (C=O) groups excluding carboxylic acids is 2. The van der Waals surface area contributed by atoms with E-state index in [4.69, 9.17) is 0 Å². The molecule has 5 heteroatoms. The quantitative estimate of drug-likeness (QED) is 0.752. The Labute approximate surface area is 127 Å². The summed E-state index contributed by atoms with van der Waals surface area (Å²) in [6.07, 6.45) is 1.66. The van der Waals surface area contributed by atoms with Gasteiger partial charge < -0.3 is 9.88 Å². The molecule has 0 spiro atoms. The van der Waals surface area contributed by atoms with Gasteiger partial charge in [0, 0.05) is 11.3 Å². The van der Waals surface area contributed by atoms with Gasteiger partial charge in [-0.05, 0) is 43.3 Å². The number of carbonyl (C=O) groups is 2. The molecule has 5 nitrogen and oxygen atoms in total. The first kappa shape index (κ1) is 14.0. The summed E-state index contributed by atoms with van der Waals surface area (Å²) < 4.78 is 1.80. The summed E-state index contributed by atoms with van der Waals surface area (Å²) in [6, 6.07) is 14.5. The zero-order chi connectivity index (χ0) is 15.5. The molecule has 3 rings (SSSR count). The van der Waals surface area contributed by atoms with Gasteiger partial charge in [-0.15, -0.1) is 0 Å². The largest absolute Gasteiger partial charge is 0.325 e. The molecule has 0 fully saturated rings. The van der Waals surface area contributed by atoms with Gasteiger partial charge in [-0.2, -0.15) is 0 Å². The Bertz CT molecular complexity index is 834. The number of imidazole rings is 1.